The quantitative estimate of drug-likeness (QED) is 0.864. The molecule has 0 aromatic heterocycles. The zero-order valence-corrected chi connectivity index (χ0v) is 10.1. The van der Waals surface area contributed by atoms with Crippen LogP contribution in [0.1, 0.15) is 31.2 Å². The summed E-state index contributed by atoms with van der Waals surface area (Å²) in [6.07, 6.45) is 5.84. The van der Waals surface area contributed by atoms with E-state index in [0.717, 1.165) is 25.7 Å². The minimum Gasteiger partial charge on any atom is -0.393 e. The summed E-state index contributed by atoms with van der Waals surface area (Å²) in [4.78, 5) is 0. The minimum atomic E-state index is -0.189. The van der Waals surface area contributed by atoms with Crippen LogP contribution in [0, 0.1) is 5.92 Å². The number of aliphatic hydroxyl groups excluding tert-OH is 1. The first-order valence-corrected chi connectivity index (χ1v) is 6.70. The van der Waals surface area contributed by atoms with E-state index in [-0.39, 0.29) is 6.10 Å². The van der Waals surface area contributed by atoms with Crippen molar-refractivity contribution in [2.45, 2.75) is 50.4 Å². The molecule has 1 N–H and O–H groups in total. The summed E-state index contributed by atoms with van der Waals surface area (Å²) in [7, 11) is 0. The maximum atomic E-state index is 10.3. The number of hydrogen-bond donors (Lipinski definition) is 1. The molecule has 0 aliphatic carbocycles. The van der Waals surface area contributed by atoms with Crippen molar-refractivity contribution in [3.05, 3.63) is 35.9 Å². The lowest BCUT2D eigenvalue weighted by Crippen LogP contribution is -2.29. The number of aryl methyl sites for hydroxylation is 1. The van der Waals surface area contributed by atoms with Crippen LogP contribution in [0.2, 0.25) is 0 Å². The number of aliphatic hydroxyl groups is 1. The number of fused-ring (bicyclic) bond motifs is 2. The molecular weight excluding hydrogens is 212 g/mol. The van der Waals surface area contributed by atoms with Crippen LogP contribution in [0.5, 0.6) is 0 Å². The van der Waals surface area contributed by atoms with Gasteiger partial charge in [-0.2, -0.15) is 0 Å². The summed E-state index contributed by atoms with van der Waals surface area (Å²) in [6, 6.07) is 10.4. The van der Waals surface area contributed by atoms with E-state index in [1.54, 1.807) is 0 Å². The van der Waals surface area contributed by atoms with Gasteiger partial charge in [-0.3, -0.25) is 0 Å². The number of ether oxygens (including phenoxy) is 1. The maximum Gasteiger partial charge on any atom is 0.0633 e. The van der Waals surface area contributed by atoms with Gasteiger partial charge in [-0.1, -0.05) is 30.3 Å². The van der Waals surface area contributed by atoms with Gasteiger partial charge in [0, 0.05) is 5.92 Å². The third-order valence-corrected chi connectivity index (χ3v) is 4.22. The molecule has 2 aliphatic heterocycles. The third-order valence-electron chi connectivity index (χ3n) is 4.22. The van der Waals surface area contributed by atoms with Gasteiger partial charge in [0.05, 0.1) is 18.3 Å². The van der Waals surface area contributed by atoms with Crippen LogP contribution in [0.15, 0.2) is 30.3 Å². The first kappa shape index (κ1) is 11.2. The molecule has 4 unspecified atom stereocenters. The molecule has 3 rings (SSSR count). The molecule has 2 nitrogen and oxygen atoms in total. The topological polar surface area (TPSA) is 29.5 Å². The van der Waals surface area contributed by atoms with Crippen LogP contribution < -0.4 is 0 Å². The van der Waals surface area contributed by atoms with Crippen LogP contribution in [0.25, 0.3) is 0 Å². The van der Waals surface area contributed by atoms with Crippen molar-refractivity contribution in [1.29, 1.82) is 0 Å². The SMILES string of the molecule is OC(CCc1ccccc1)C1CC2CCC1O2. The smallest absolute Gasteiger partial charge is 0.0633 e. The van der Waals surface area contributed by atoms with Gasteiger partial charge in [0.25, 0.3) is 0 Å². The number of hydrogen-bond acceptors (Lipinski definition) is 2. The molecule has 2 heteroatoms. The Bertz CT molecular complexity index is 362. The summed E-state index contributed by atoms with van der Waals surface area (Å²) in [5.41, 5.74) is 1.32. The lowest BCUT2D eigenvalue weighted by atomic mass is 9.83. The van der Waals surface area contributed by atoms with E-state index in [4.69, 9.17) is 4.74 Å². The van der Waals surface area contributed by atoms with Crippen molar-refractivity contribution in [2.24, 2.45) is 5.92 Å². The van der Waals surface area contributed by atoms with Crippen molar-refractivity contribution < 1.29 is 9.84 Å². The van der Waals surface area contributed by atoms with E-state index >= 15 is 0 Å². The molecule has 2 fully saturated rings. The largest absolute Gasteiger partial charge is 0.393 e. The highest BCUT2D eigenvalue weighted by atomic mass is 16.5. The van der Waals surface area contributed by atoms with Crippen molar-refractivity contribution in [1.82, 2.24) is 0 Å². The molecule has 1 aromatic carbocycles. The van der Waals surface area contributed by atoms with E-state index in [9.17, 15) is 5.11 Å². The normalized spacial score (nSPS) is 32.9. The monoisotopic (exact) mass is 232 g/mol. The fourth-order valence-corrected chi connectivity index (χ4v) is 3.26. The first-order chi connectivity index (χ1) is 8.33. The fraction of sp³-hybridized carbons (Fsp3) is 0.600. The molecule has 1 aromatic rings. The summed E-state index contributed by atoms with van der Waals surface area (Å²) < 4.78 is 5.80. The average Bonchev–Trinajstić information content (AvgIpc) is 2.99. The fourth-order valence-electron chi connectivity index (χ4n) is 3.26. The molecule has 0 spiro atoms. The molecule has 0 saturated carbocycles. The lowest BCUT2D eigenvalue weighted by Gasteiger charge is -2.24. The summed E-state index contributed by atoms with van der Waals surface area (Å²) in [6.45, 7) is 0. The second kappa shape index (κ2) is 4.79. The Labute approximate surface area is 103 Å². The third kappa shape index (κ3) is 2.38. The Kier molecular flexibility index (Phi) is 3.17. The van der Waals surface area contributed by atoms with E-state index in [1.165, 1.54) is 12.0 Å². The summed E-state index contributed by atoms with van der Waals surface area (Å²) in [5, 5.41) is 10.3. The molecule has 2 aliphatic rings. The second-order valence-electron chi connectivity index (χ2n) is 5.37. The molecule has 17 heavy (non-hydrogen) atoms. The Morgan fingerprint density at radius 2 is 2.06 bits per heavy atom. The van der Waals surface area contributed by atoms with E-state index in [1.807, 2.05) is 6.07 Å². The highest BCUT2D eigenvalue weighted by Gasteiger charge is 2.43. The van der Waals surface area contributed by atoms with Gasteiger partial charge >= 0.3 is 0 Å². The molecule has 0 radical (unpaired) electrons. The van der Waals surface area contributed by atoms with Gasteiger partial charge in [0.15, 0.2) is 0 Å². The molecule has 2 bridgehead atoms. The van der Waals surface area contributed by atoms with Gasteiger partial charge in [-0.05, 0) is 37.7 Å². The van der Waals surface area contributed by atoms with E-state index in [0.29, 0.717) is 18.1 Å². The van der Waals surface area contributed by atoms with E-state index < -0.39 is 0 Å². The predicted molar refractivity (Wildman–Crippen MR) is 66.8 cm³/mol. The zero-order valence-electron chi connectivity index (χ0n) is 10.1. The van der Waals surface area contributed by atoms with Gasteiger partial charge in [-0.15, -0.1) is 0 Å². The Balaban J connectivity index is 1.52. The van der Waals surface area contributed by atoms with Crippen molar-refractivity contribution in [3.63, 3.8) is 0 Å². The second-order valence-corrected chi connectivity index (χ2v) is 5.37. The summed E-state index contributed by atoms with van der Waals surface area (Å²) >= 11 is 0. The van der Waals surface area contributed by atoms with Crippen LogP contribution >= 0.6 is 0 Å². The Morgan fingerprint density at radius 3 is 2.71 bits per heavy atom. The molecule has 0 amide bonds. The predicted octanol–water partition coefficient (Wildman–Crippen LogP) is 2.55. The Morgan fingerprint density at radius 1 is 1.24 bits per heavy atom. The van der Waals surface area contributed by atoms with Crippen molar-refractivity contribution in [3.8, 4) is 0 Å². The standard InChI is InChI=1S/C15H20O2/c16-14(8-6-11-4-2-1-3-5-11)13-10-12-7-9-15(13)17-12/h1-5,12-16H,6-10H2. The minimum absolute atomic E-state index is 0.189. The van der Waals surface area contributed by atoms with E-state index in [2.05, 4.69) is 24.3 Å². The number of benzene rings is 1. The maximum absolute atomic E-state index is 10.3. The van der Waals surface area contributed by atoms with Gasteiger partial charge in [0.1, 0.15) is 0 Å². The van der Waals surface area contributed by atoms with Gasteiger partial charge in [-0.25, -0.2) is 0 Å². The van der Waals surface area contributed by atoms with Gasteiger partial charge in [0.2, 0.25) is 0 Å². The van der Waals surface area contributed by atoms with Crippen molar-refractivity contribution >= 4 is 0 Å². The molecule has 4 atom stereocenters. The van der Waals surface area contributed by atoms with Crippen LogP contribution in [0.3, 0.4) is 0 Å². The van der Waals surface area contributed by atoms with Crippen molar-refractivity contribution in [2.75, 3.05) is 0 Å². The highest BCUT2D eigenvalue weighted by molar-refractivity contribution is 5.14. The highest BCUT2D eigenvalue weighted by Crippen LogP contribution is 2.41. The molecule has 2 saturated heterocycles. The summed E-state index contributed by atoms with van der Waals surface area (Å²) in [5.74, 6) is 0.387. The number of rotatable bonds is 4. The Hall–Kier alpha value is -0.860. The van der Waals surface area contributed by atoms with Crippen LogP contribution in [0.4, 0.5) is 0 Å². The zero-order chi connectivity index (χ0) is 11.7. The lowest BCUT2D eigenvalue weighted by molar-refractivity contribution is 0.0391. The molecular formula is C15H20O2. The first-order valence-electron chi connectivity index (χ1n) is 6.70. The average molecular weight is 232 g/mol. The molecule has 2 heterocycles. The van der Waals surface area contributed by atoms with Crippen LogP contribution in [-0.2, 0) is 11.2 Å². The van der Waals surface area contributed by atoms with Crippen LogP contribution in [-0.4, -0.2) is 23.4 Å². The molecule has 92 valence electrons. The van der Waals surface area contributed by atoms with Gasteiger partial charge < -0.3 is 9.84 Å².